The monoisotopic (exact) mass is 344 g/mol. The third kappa shape index (κ3) is 5.28. The number of piperazine rings is 1. The normalized spacial score (nSPS) is 19.2. The van der Waals surface area contributed by atoms with Crippen molar-refractivity contribution in [1.82, 2.24) is 14.7 Å². The highest BCUT2D eigenvalue weighted by molar-refractivity contribution is 5.92. The van der Waals surface area contributed by atoms with Gasteiger partial charge in [0.25, 0.3) is 0 Å². The van der Waals surface area contributed by atoms with Gasteiger partial charge in [-0.1, -0.05) is 12.1 Å². The van der Waals surface area contributed by atoms with Gasteiger partial charge in [0.05, 0.1) is 6.54 Å². The Morgan fingerprint density at radius 1 is 0.920 bits per heavy atom. The minimum absolute atomic E-state index is 0.00330. The van der Waals surface area contributed by atoms with Crippen LogP contribution in [-0.4, -0.2) is 72.3 Å². The molecule has 0 atom stereocenters. The molecule has 0 aliphatic carbocycles. The van der Waals surface area contributed by atoms with Gasteiger partial charge in [-0.15, -0.1) is 0 Å². The van der Waals surface area contributed by atoms with Crippen LogP contribution in [0.1, 0.15) is 25.3 Å². The van der Waals surface area contributed by atoms with Crippen molar-refractivity contribution in [2.24, 2.45) is 0 Å². The van der Waals surface area contributed by atoms with E-state index < -0.39 is 0 Å². The third-order valence-electron chi connectivity index (χ3n) is 5.03. The van der Waals surface area contributed by atoms with Gasteiger partial charge in [0.15, 0.2) is 0 Å². The summed E-state index contributed by atoms with van der Waals surface area (Å²) in [5.74, 6) is 0.113. The third-order valence-corrected chi connectivity index (χ3v) is 5.03. The highest BCUT2D eigenvalue weighted by Gasteiger charge is 2.20. The molecule has 1 aromatic rings. The van der Waals surface area contributed by atoms with E-state index in [0.29, 0.717) is 19.6 Å². The Bertz CT molecular complexity index is 588. The zero-order chi connectivity index (χ0) is 17.6. The van der Waals surface area contributed by atoms with Crippen LogP contribution in [-0.2, 0) is 16.1 Å². The average Bonchev–Trinajstić information content (AvgIpc) is 3.10. The van der Waals surface area contributed by atoms with E-state index in [1.54, 1.807) is 6.92 Å². The van der Waals surface area contributed by atoms with E-state index in [1.165, 1.54) is 31.5 Å². The van der Waals surface area contributed by atoms with E-state index in [2.05, 4.69) is 27.2 Å². The van der Waals surface area contributed by atoms with Crippen molar-refractivity contribution in [3.63, 3.8) is 0 Å². The number of rotatable bonds is 5. The van der Waals surface area contributed by atoms with Gasteiger partial charge in [-0.2, -0.15) is 0 Å². The van der Waals surface area contributed by atoms with E-state index in [9.17, 15) is 9.59 Å². The summed E-state index contributed by atoms with van der Waals surface area (Å²) in [6.07, 6.45) is 2.60. The van der Waals surface area contributed by atoms with Crippen LogP contribution in [0.2, 0.25) is 0 Å². The molecule has 0 radical (unpaired) electrons. The number of benzene rings is 1. The van der Waals surface area contributed by atoms with Gasteiger partial charge in [-0.3, -0.25) is 19.4 Å². The standard InChI is InChI=1S/C19H28N4O2/c1-16(24)23-12-10-22(11-13-23)15-19(25)20-18-6-4-17(5-7-18)14-21-8-2-3-9-21/h4-7H,2-3,8-15H2,1H3,(H,20,25). The van der Waals surface area contributed by atoms with E-state index >= 15 is 0 Å². The Labute approximate surface area is 149 Å². The summed E-state index contributed by atoms with van der Waals surface area (Å²) in [4.78, 5) is 29.9. The largest absolute Gasteiger partial charge is 0.340 e. The van der Waals surface area contributed by atoms with Crippen LogP contribution < -0.4 is 5.32 Å². The molecule has 0 aromatic heterocycles. The van der Waals surface area contributed by atoms with Crippen LogP contribution in [0, 0.1) is 0 Å². The second kappa shape index (κ2) is 8.45. The van der Waals surface area contributed by atoms with Crippen LogP contribution >= 0.6 is 0 Å². The molecule has 136 valence electrons. The molecule has 2 saturated heterocycles. The van der Waals surface area contributed by atoms with Gasteiger partial charge in [0, 0.05) is 45.3 Å². The maximum atomic E-state index is 12.2. The summed E-state index contributed by atoms with van der Waals surface area (Å²) in [5.41, 5.74) is 2.14. The Balaban J connectivity index is 1.42. The molecule has 25 heavy (non-hydrogen) atoms. The highest BCUT2D eigenvalue weighted by atomic mass is 16.2. The number of hydrogen-bond acceptors (Lipinski definition) is 4. The predicted molar refractivity (Wildman–Crippen MR) is 98.3 cm³/mol. The van der Waals surface area contributed by atoms with Gasteiger partial charge < -0.3 is 10.2 Å². The van der Waals surface area contributed by atoms with E-state index in [1.807, 2.05) is 17.0 Å². The number of amides is 2. The zero-order valence-corrected chi connectivity index (χ0v) is 15.0. The lowest BCUT2D eigenvalue weighted by Crippen LogP contribution is -2.49. The fraction of sp³-hybridized carbons (Fsp3) is 0.579. The van der Waals surface area contributed by atoms with E-state index in [0.717, 1.165) is 25.3 Å². The first-order valence-electron chi connectivity index (χ1n) is 9.19. The van der Waals surface area contributed by atoms with Crippen molar-refractivity contribution in [2.75, 3.05) is 51.1 Å². The summed E-state index contributed by atoms with van der Waals surface area (Å²) < 4.78 is 0. The quantitative estimate of drug-likeness (QED) is 0.877. The Morgan fingerprint density at radius 3 is 2.16 bits per heavy atom. The van der Waals surface area contributed by atoms with Gasteiger partial charge in [-0.25, -0.2) is 0 Å². The van der Waals surface area contributed by atoms with E-state index in [-0.39, 0.29) is 11.8 Å². The molecule has 0 saturated carbocycles. The molecule has 2 aliphatic heterocycles. The number of hydrogen-bond donors (Lipinski definition) is 1. The van der Waals surface area contributed by atoms with Gasteiger partial charge in [0.2, 0.25) is 11.8 Å². The Kier molecular flexibility index (Phi) is 6.04. The fourth-order valence-corrected chi connectivity index (χ4v) is 3.52. The molecule has 1 N–H and O–H groups in total. The SMILES string of the molecule is CC(=O)N1CCN(CC(=O)Nc2ccc(CN3CCCC3)cc2)CC1. The van der Waals surface area contributed by atoms with Gasteiger partial charge in [0.1, 0.15) is 0 Å². The number of carbonyl (C=O) groups is 2. The number of anilines is 1. The van der Waals surface area contributed by atoms with Crippen molar-refractivity contribution in [2.45, 2.75) is 26.3 Å². The minimum Gasteiger partial charge on any atom is -0.340 e. The molecular formula is C19H28N4O2. The number of nitrogens with one attached hydrogen (secondary N) is 1. The second-order valence-corrected chi connectivity index (χ2v) is 7.01. The van der Waals surface area contributed by atoms with Gasteiger partial charge >= 0.3 is 0 Å². The van der Waals surface area contributed by atoms with Crippen molar-refractivity contribution in [3.05, 3.63) is 29.8 Å². The van der Waals surface area contributed by atoms with Crippen molar-refractivity contribution >= 4 is 17.5 Å². The molecule has 2 fully saturated rings. The molecular weight excluding hydrogens is 316 g/mol. The summed E-state index contributed by atoms with van der Waals surface area (Å²) in [6.45, 7) is 8.25. The summed E-state index contributed by atoms with van der Waals surface area (Å²) in [7, 11) is 0. The number of nitrogens with zero attached hydrogens (tertiary/aromatic N) is 3. The molecule has 1 aromatic carbocycles. The summed E-state index contributed by atoms with van der Waals surface area (Å²) >= 11 is 0. The maximum absolute atomic E-state index is 12.2. The lowest BCUT2D eigenvalue weighted by Gasteiger charge is -2.33. The predicted octanol–water partition coefficient (Wildman–Crippen LogP) is 1.38. The summed E-state index contributed by atoms with van der Waals surface area (Å²) in [5, 5.41) is 2.97. The van der Waals surface area contributed by atoms with Crippen LogP contribution in [0.25, 0.3) is 0 Å². The molecule has 0 bridgehead atoms. The first kappa shape index (κ1) is 17.9. The zero-order valence-electron chi connectivity index (χ0n) is 15.0. The lowest BCUT2D eigenvalue weighted by molar-refractivity contribution is -0.130. The van der Waals surface area contributed by atoms with Crippen molar-refractivity contribution in [3.8, 4) is 0 Å². The molecule has 2 amide bonds. The Hall–Kier alpha value is -1.92. The number of carbonyl (C=O) groups excluding carboxylic acids is 2. The van der Waals surface area contributed by atoms with Crippen LogP contribution in [0.15, 0.2) is 24.3 Å². The number of likely N-dealkylation sites (tertiary alicyclic amines) is 1. The molecule has 3 rings (SSSR count). The molecule has 2 aliphatic rings. The molecule has 2 heterocycles. The Morgan fingerprint density at radius 2 is 1.56 bits per heavy atom. The van der Waals surface area contributed by atoms with Crippen molar-refractivity contribution in [1.29, 1.82) is 0 Å². The van der Waals surface area contributed by atoms with Gasteiger partial charge in [-0.05, 0) is 43.6 Å². The van der Waals surface area contributed by atoms with E-state index in [4.69, 9.17) is 0 Å². The fourth-order valence-electron chi connectivity index (χ4n) is 3.52. The smallest absolute Gasteiger partial charge is 0.238 e. The molecule has 0 spiro atoms. The first-order chi connectivity index (χ1) is 12.1. The summed E-state index contributed by atoms with van der Waals surface area (Å²) in [6, 6.07) is 8.16. The maximum Gasteiger partial charge on any atom is 0.238 e. The van der Waals surface area contributed by atoms with Crippen LogP contribution in [0.3, 0.4) is 0 Å². The van der Waals surface area contributed by atoms with Crippen LogP contribution in [0.5, 0.6) is 0 Å². The second-order valence-electron chi connectivity index (χ2n) is 7.01. The molecule has 6 nitrogen and oxygen atoms in total. The van der Waals surface area contributed by atoms with Crippen LogP contribution in [0.4, 0.5) is 5.69 Å². The molecule has 6 heteroatoms. The molecule has 0 unspecified atom stereocenters. The highest BCUT2D eigenvalue weighted by Crippen LogP contribution is 2.15. The lowest BCUT2D eigenvalue weighted by atomic mass is 10.2. The first-order valence-corrected chi connectivity index (χ1v) is 9.19. The average molecular weight is 344 g/mol. The topological polar surface area (TPSA) is 55.9 Å². The minimum atomic E-state index is 0.00330. The van der Waals surface area contributed by atoms with Crippen molar-refractivity contribution < 1.29 is 9.59 Å².